The molecule has 0 saturated carbocycles. The lowest BCUT2D eigenvalue weighted by molar-refractivity contribution is 0.197. The van der Waals surface area contributed by atoms with E-state index in [-0.39, 0.29) is 35.8 Å². The van der Waals surface area contributed by atoms with E-state index in [9.17, 15) is 12.8 Å². The average Bonchev–Trinajstić information content (AvgIpc) is 3.05. The van der Waals surface area contributed by atoms with Gasteiger partial charge in [0.25, 0.3) is 0 Å². The normalized spacial score (nSPS) is 17.9. The number of aromatic nitrogens is 2. The molecule has 146 valence electrons. The van der Waals surface area contributed by atoms with Gasteiger partial charge in [0, 0.05) is 17.9 Å². The molecule has 0 N–H and O–H groups in total. The zero-order chi connectivity index (χ0) is 19.6. The minimum atomic E-state index is -3.82. The molecule has 9 heteroatoms. The van der Waals surface area contributed by atoms with Crippen molar-refractivity contribution in [2.24, 2.45) is 0 Å². The molecule has 1 aromatic heterocycles. The van der Waals surface area contributed by atoms with Crippen LogP contribution in [-0.2, 0) is 10.0 Å². The summed E-state index contributed by atoms with van der Waals surface area (Å²) in [6.07, 6.45) is 0.156. The smallest absolute Gasteiger partial charge is 0.317 e. The van der Waals surface area contributed by atoms with Crippen LogP contribution in [0.15, 0.2) is 29.2 Å². The maximum absolute atomic E-state index is 14.0. The molecule has 0 bridgehead atoms. The number of halogens is 1. The Kier molecular flexibility index (Phi) is 5.61. The lowest BCUT2D eigenvalue weighted by atomic mass is 10.3. The Bertz CT molecular complexity index is 916. The summed E-state index contributed by atoms with van der Waals surface area (Å²) in [6, 6.07) is 5.74. The van der Waals surface area contributed by atoms with Crippen molar-refractivity contribution in [3.63, 3.8) is 0 Å². The Hall–Kier alpha value is -2.26. The van der Waals surface area contributed by atoms with E-state index in [4.69, 9.17) is 9.47 Å². The second-order valence-electron chi connectivity index (χ2n) is 6.35. The Morgan fingerprint density at radius 3 is 2.56 bits per heavy atom. The molecule has 1 aliphatic heterocycles. The van der Waals surface area contributed by atoms with Gasteiger partial charge in [-0.15, -0.1) is 0 Å². The van der Waals surface area contributed by atoms with Crippen molar-refractivity contribution in [2.75, 3.05) is 19.7 Å². The van der Waals surface area contributed by atoms with Crippen molar-refractivity contribution in [3.8, 4) is 11.8 Å². The number of hydrogen-bond donors (Lipinski definition) is 0. The fraction of sp³-hybridized carbons (Fsp3) is 0.444. The van der Waals surface area contributed by atoms with Gasteiger partial charge in [-0.2, -0.15) is 4.31 Å². The SMILES string of the molecule is CCOc1ccc(S(=O)(=O)N2CC[C@@H](Oc3nc(C)cc(C)n3)C2)cc1F. The van der Waals surface area contributed by atoms with Crippen molar-refractivity contribution in [1.29, 1.82) is 0 Å². The minimum Gasteiger partial charge on any atom is -0.491 e. The van der Waals surface area contributed by atoms with E-state index in [1.807, 2.05) is 19.9 Å². The van der Waals surface area contributed by atoms with Crippen LogP contribution < -0.4 is 9.47 Å². The van der Waals surface area contributed by atoms with Crippen LogP contribution in [0.5, 0.6) is 11.8 Å². The highest BCUT2D eigenvalue weighted by Crippen LogP contribution is 2.26. The topological polar surface area (TPSA) is 81.6 Å². The first-order valence-corrected chi connectivity index (χ1v) is 10.1. The Morgan fingerprint density at radius 1 is 1.22 bits per heavy atom. The van der Waals surface area contributed by atoms with Crippen LogP contribution in [0.3, 0.4) is 0 Å². The predicted octanol–water partition coefficient (Wildman–Crippen LogP) is 2.47. The predicted molar refractivity (Wildman–Crippen MR) is 96.9 cm³/mol. The fourth-order valence-electron chi connectivity index (χ4n) is 2.97. The van der Waals surface area contributed by atoms with Gasteiger partial charge in [-0.25, -0.2) is 22.8 Å². The van der Waals surface area contributed by atoms with Gasteiger partial charge in [0.05, 0.1) is 18.0 Å². The highest BCUT2D eigenvalue weighted by Gasteiger charge is 2.34. The van der Waals surface area contributed by atoms with Crippen LogP contribution in [-0.4, -0.2) is 48.5 Å². The number of aryl methyl sites for hydroxylation is 2. The molecule has 2 heterocycles. The standard InChI is InChI=1S/C18H22FN3O4S/c1-4-25-17-6-5-15(10-16(17)19)27(23,24)22-8-7-14(11-22)26-18-20-12(2)9-13(3)21-18/h5-6,9-10,14H,4,7-8,11H2,1-3H3/t14-/m1/s1. The molecule has 1 fully saturated rings. The number of ether oxygens (including phenoxy) is 2. The van der Waals surface area contributed by atoms with E-state index in [1.54, 1.807) is 6.92 Å². The highest BCUT2D eigenvalue weighted by molar-refractivity contribution is 7.89. The van der Waals surface area contributed by atoms with E-state index in [2.05, 4.69) is 9.97 Å². The summed E-state index contributed by atoms with van der Waals surface area (Å²) >= 11 is 0. The van der Waals surface area contributed by atoms with Gasteiger partial charge >= 0.3 is 6.01 Å². The van der Waals surface area contributed by atoms with Gasteiger partial charge < -0.3 is 9.47 Å². The van der Waals surface area contributed by atoms with Crippen LogP contribution in [0.25, 0.3) is 0 Å². The number of benzene rings is 1. The fourth-order valence-corrected chi connectivity index (χ4v) is 4.47. The van der Waals surface area contributed by atoms with Crippen LogP contribution in [0.1, 0.15) is 24.7 Å². The lowest BCUT2D eigenvalue weighted by Gasteiger charge is -2.17. The molecule has 0 radical (unpaired) electrons. The molecule has 0 amide bonds. The second kappa shape index (κ2) is 7.77. The van der Waals surface area contributed by atoms with Gasteiger partial charge in [0.1, 0.15) is 6.10 Å². The zero-order valence-electron chi connectivity index (χ0n) is 15.5. The second-order valence-corrected chi connectivity index (χ2v) is 8.29. The third kappa shape index (κ3) is 4.36. The first kappa shape index (κ1) is 19.5. The molecule has 1 aliphatic rings. The largest absolute Gasteiger partial charge is 0.491 e. The molecule has 0 unspecified atom stereocenters. The lowest BCUT2D eigenvalue weighted by Crippen LogP contribution is -2.31. The summed E-state index contributed by atoms with van der Waals surface area (Å²) in [5.41, 5.74) is 1.56. The third-order valence-corrected chi connectivity index (χ3v) is 6.04. The summed E-state index contributed by atoms with van der Waals surface area (Å²) in [7, 11) is -3.82. The van der Waals surface area contributed by atoms with Gasteiger partial charge in [-0.3, -0.25) is 0 Å². The first-order chi connectivity index (χ1) is 12.8. The van der Waals surface area contributed by atoms with Gasteiger partial charge in [-0.1, -0.05) is 0 Å². The number of hydrogen-bond acceptors (Lipinski definition) is 6. The van der Waals surface area contributed by atoms with Crippen LogP contribution >= 0.6 is 0 Å². The molecule has 2 aromatic rings. The summed E-state index contributed by atoms with van der Waals surface area (Å²) in [6.45, 7) is 6.16. The molecule has 7 nitrogen and oxygen atoms in total. The van der Waals surface area contributed by atoms with E-state index in [0.717, 1.165) is 17.5 Å². The van der Waals surface area contributed by atoms with Crippen molar-refractivity contribution in [2.45, 2.75) is 38.2 Å². The number of rotatable bonds is 6. The van der Waals surface area contributed by atoms with Gasteiger partial charge in [-0.05, 0) is 51.5 Å². The Balaban J connectivity index is 1.72. The highest BCUT2D eigenvalue weighted by atomic mass is 32.2. The minimum absolute atomic E-state index is 0.0334. The summed E-state index contributed by atoms with van der Waals surface area (Å²) in [4.78, 5) is 8.33. The van der Waals surface area contributed by atoms with Crippen molar-refractivity contribution in [1.82, 2.24) is 14.3 Å². The van der Waals surface area contributed by atoms with Crippen LogP contribution in [0.4, 0.5) is 4.39 Å². The van der Waals surface area contributed by atoms with E-state index < -0.39 is 15.8 Å². The summed E-state index contributed by atoms with van der Waals surface area (Å²) < 4.78 is 51.8. The quantitative estimate of drug-likeness (QED) is 0.747. The molecular weight excluding hydrogens is 373 g/mol. The van der Waals surface area contributed by atoms with E-state index in [0.29, 0.717) is 13.0 Å². The molecule has 27 heavy (non-hydrogen) atoms. The van der Waals surface area contributed by atoms with E-state index in [1.165, 1.54) is 16.4 Å². The van der Waals surface area contributed by atoms with E-state index >= 15 is 0 Å². The van der Waals surface area contributed by atoms with Crippen molar-refractivity contribution < 1.29 is 22.3 Å². The maximum atomic E-state index is 14.0. The number of sulfonamides is 1. The zero-order valence-corrected chi connectivity index (χ0v) is 16.3. The maximum Gasteiger partial charge on any atom is 0.317 e. The summed E-state index contributed by atoms with van der Waals surface area (Å²) in [5, 5.41) is 0. The Morgan fingerprint density at radius 2 is 1.93 bits per heavy atom. The first-order valence-electron chi connectivity index (χ1n) is 8.71. The Labute approximate surface area is 158 Å². The third-order valence-electron chi connectivity index (χ3n) is 4.18. The van der Waals surface area contributed by atoms with Crippen molar-refractivity contribution in [3.05, 3.63) is 41.5 Å². The average molecular weight is 395 g/mol. The molecule has 3 rings (SSSR count). The monoisotopic (exact) mass is 395 g/mol. The van der Waals surface area contributed by atoms with Gasteiger partial charge in [0.2, 0.25) is 10.0 Å². The molecule has 1 aromatic carbocycles. The molecular formula is C18H22FN3O4S. The van der Waals surface area contributed by atoms with Gasteiger partial charge in [0.15, 0.2) is 11.6 Å². The number of nitrogens with zero attached hydrogens (tertiary/aromatic N) is 3. The molecule has 0 spiro atoms. The van der Waals surface area contributed by atoms with Crippen molar-refractivity contribution >= 4 is 10.0 Å². The summed E-state index contributed by atoms with van der Waals surface area (Å²) in [5.74, 6) is -0.667. The molecule has 1 saturated heterocycles. The van der Waals surface area contributed by atoms with Crippen LogP contribution in [0, 0.1) is 19.7 Å². The molecule has 1 atom stereocenters. The molecule has 0 aliphatic carbocycles. The van der Waals surface area contributed by atoms with Crippen LogP contribution in [0.2, 0.25) is 0 Å².